The number of aromatic nitrogens is 4. The third-order valence-corrected chi connectivity index (χ3v) is 11.5. The Hall–Kier alpha value is -7.16. The number of carboxylic acids is 1. The van der Waals surface area contributed by atoms with E-state index in [9.17, 15) is 38.7 Å². The van der Waals surface area contributed by atoms with Crippen LogP contribution in [0.5, 0.6) is 11.5 Å². The molecule has 7 N–H and O–H groups in total. The predicted octanol–water partition coefficient (Wildman–Crippen LogP) is 2.20. The Morgan fingerprint density at radius 2 is 1.69 bits per heavy atom. The maximum Gasteiger partial charge on any atom is 0.326 e. The summed E-state index contributed by atoms with van der Waals surface area (Å²) < 4.78 is 19.1. The van der Waals surface area contributed by atoms with E-state index in [1.165, 1.54) is 16.0 Å². The van der Waals surface area contributed by atoms with Gasteiger partial charge in [-0.3, -0.25) is 33.7 Å². The topological polar surface area (TPSA) is 346 Å². The summed E-state index contributed by atoms with van der Waals surface area (Å²) in [5.74, 6) is 1.15. The summed E-state index contributed by atoms with van der Waals surface area (Å²) in [6, 6.07) is 8.71. The van der Waals surface area contributed by atoms with Crippen LogP contribution in [0.25, 0.3) is 20.7 Å². The van der Waals surface area contributed by atoms with Crippen LogP contribution in [0.1, 0.15) is 56.8 Å². The van der Waals surface area contributed by atoms with Crippen molar-refractivity contribution in [3.63, 3.8) is 0 Å². The number of unbranched alkanes of at least 4 members (excludes halogenated alkanes) is 1. The fourth-order valence-electron chi connectivity index (χ4n) is 6.59. The molecule has 0 unspecified atom stereocenters. The lowest BCUT2D eigenvalue weighted by molar-refractivity contribution is -0.195. The van der Waals surface area contributed by atoms with Gasteiger partial charge in [-0.2, -0.15) is 5.90 Å². The van der Waals surface area contributed by atoms with Crippen LogP contribution in [0, 0.1) is 5.92 Å². The highest BCUT2D eigenvalue weighted by atomic mass is 32.2. The number of benzene rings is 2. The summed E-state index contributed by atoms with van der Waals surface area (Å²) in [6.07, 6.45) is 4.57. The van der Waals surface area contributed by atoms with Crippen molar-refractivity contribution >= 4 is 75.0 Å². The van der Waals surface area contributed by atoms with E-state index in [2.05, 4.69) is 55.9 Å². The van der Waals surface area contributed by atoms with Gasteiger partial charge in [0.1, 0.15) is 67.1 Å². The molecule has 68 heavy (non-hydrogen) atoms. The van der Waals surface area contributed by atoms with Crippen molar-refractivity contribution in [2.45, 2.75) is 75.0 Å². The summed E-state index contributed by atoms with van der Waals surface area (Å²) in [5.41, 5.74) is 10.1. The first-order valence-electron chi connectivity index (χ1n) is 21.0. The minimum Gasteiger partial charge on any atom is -0.492 e. The lowest BCUT2D eigenvalue weighted by Crippen LogP contribution is -2.48. The molecule has 25 nitrogen and oxygen atoms in total. The minimum atomic E-state index is -1.29. The van der Waals surface area contributed by atoms with E-state index in [0.717, 1.165) is 39.3 Å². The van der Waals surface area contributed by atoms with Crippen molar-refractivity contribution in [3.05, 3.63) is 82.5 Å². The third-order valence-electron chi connectivity index (χ3n) is 9.90. The van der Waals surface area contributed by atoms with Gasteiger partial charge in [-0.05, 0) is 66.6 Å². The van der Waals surface area contributed by atoms with Crippen LogP contribution in [0.15, 0.2) is 70.3 Å². The molecule has 1 aliphatic heterocycles. The van der Waals surface area contributed by atoms with Crippen molar-refractivity contribution in [2.75, 3.05) is 32.8 Å². The number of amides is 6. The number of rotatable bonds is 29. The standard InChI is InChI=1S/C41H49N13O12S2/c1-24(2)37(54-22-26(50-52-54)23-64-28-10-11-29-32(20-28)67-41(49-29)68-66-65-43)39(60)48-31(40(61)62)19-25-6-8-27(9-7-25)63-18-16-45-38(59)30(5-3-4-15-44-34(56)21-46-51-42)47-33(55)14-17-53-35(57)12-13-36(53)58/h6-13,20,22,24,30-31,37H,3-5,14-19,21,23,43H2,1-2H3,(H,44,56)(H,45,59)(H,47,55)(H,48,60)(H,61,62)/t30-,31-,37-/m0/s1. The van der Waals surface area contributed by atoms with E-state index in [4.69, 9.17) is 20.9 Å². The van der Waals surface area contributed by atoms with Crippen LogP contribution in [0.2, 0.25) is 0 Å². The molecule has 0 saturated heterocycles. The molecule has 0 aliphatic carbocycles. The number of nitrogens with two attached hydrogens (primary N) is 1. The van der Waals surface area contributed by atoms with Crippen LogP contribution in [0.4, 0.5) is 0 Å². The number of hydrogen-bond acceptors (Lipinski definition) is 18. The molecule has 3 atom stereocenters. The number of nitrogens with zero attached hydrogens (tertiary/aromatic N) is 8. The Kier molecular flexibility index (Phi) is 20.0. The average molecular weight is 980 g/mol. The van der Waals surface area contributed by atoms with Gasteiger partial charge in [0.15, 0.2) is 4.34 Å². The summed E-state index contributed by atoms with van der Waals surface area (Å²) >= 11 is 2.23. The molecule has 3 heterocycles. The Labute approximate surface area is 396 Å². The Morgan fingerprint density at radius 3 is 2.40 bits per heavy atom. The van der Waals surface area contributed by atoms with Gasteiger partial charge in [-0.25, -0.2) is 14.5 Å². The lowest BCUT2D eigenvalue weighted by atomic mass is 10.0. The molecular formula is C41H49N13O12S2. The summed E-state index contributed by atoms with van der Waals surface area (Å²) in [5, 5.41) is 32.2. The van der Waals surface area contributed by atoms with Crippen molar-refractivity contribution in [1.29, 1.82) is 0 Å². The van der Waals surface area contributed by atoms with Gasteiger partial charge in [0.25, 0.3) is 11.8 Å². The zero-order valence-electron chi connectivity index (χ0n) is 36.8. The number of fused-ring (bicyclic) bond motifs is 1. The fraction of sp³-hybridized carbons (Fsp3) is 0.415. The highest BCUT2D eigenvalue weighted by Gasteiger charge is 2.30. The number of imide groups is 1. The predicted molar refractivity (Wildman–Crippen MR) is 242 cm³/mol. The number of carbonyl (C=O) groups excluding carboxylic acids is 6. The van der Waals surface area contributed by atoms with Gasteiger partial charge in [-0.15, -0.1) is 25.8 Å². The van der Waals surface area contributed by atoms with E-state index >= 15 is 0 Å². The SMILES string of the molecule is CC(C)[C@@H](C(=O)N[C@@H](Cc1ccc(OCCNC(=O)[C@H](CCCCNC(=O)CN=[N+]=[N-])NC(=O)CCN2C(=O)C=CC2=O)cc1)C(=O)O)n1cc(COc2ccc3nc(SOON)sc3c2)nn1. The second-order valence-corrected chi connectivity index (χ2v) is 17.2. The van der Waals surface area contributed by atoms with E-state index < -0.39 is 59.5 Å². The maximum atomic E-state index is 13.6. The maximum absolute atomic E-state index is 13.6. The number of nitrogens with one attached hydrogen (secondary N) is 4. The Bertz CT molecular complexity index is 2480. The number of hydrogen-bond donors (Lipinski definition) is 6. The fourth-order valence-corrected chi connectivity index (χ4v) is 8.04. The van der Waals surface area contributed by atoms with Crippen LogP contribution in [-0.2, 0) is 55.9 Å². The van der Waals surface area contributed by atoms with Crippen molar-refractivity contribution < 1.29 is 57.5 Å². The number of aliphatic carboxylic acids is 1. The smallest absolute Gasteiger partial charge is 0.326 e. The van der Waals surface area contributed by atoms with E-state index in [0.29, 0.717) is 39.9 Å². The molecule has 0 saturated carbocycles. The van der Waals surface area contributed by atoms with Crippen molar-refractivity contribution in [1.82, 2.24) is 46.1 Å². The minimum absolute atomic E-state index is 0.0288. The molecule has 5 rings (SSSR count). The first kappa shape index (κ1) is 51.8. The highest BCUT2D eigenvalue weighted by molar-refractivity contribution is 7.96. The average Bonchev–Trinajstić information content (AvgIpc) is 4.04. The van der Waals surface area contributed by atoms with E-state index in [1.807, 2.05) is 0 Å². The van der Waals surface area contributed by atoms with Crippen LogP contribution in [-0.4, -0.2) is 116 Å². The van der Waals surface area contributed by atoms with E-state index in [-0.39, 0.29) is 64.6 Å². The van der Waals surface area contributed by atoms with Crippen LogP contribution in [0.3, 0.4) is 0 Å². The summed E-state index contributed by atoms with van der Waals surface area (Å²) in [4.78, 5) is 99.3. The molecule has 0 radical (unpaired) electrons. The van der Waals surface area contributed by atoms with Gasteiger partial charge >= 0.3 is 5.97 Å². The number of carbonyl (C=O) groups is 7. The number of thiazole rings is 1. The van der Waals surface area contributed by atoms with Crippen molar-refractivity contribution in [2.24, 2.45) is 16.9 Å². The van der Waals surface area contributed by atoms with E-state index in [1.54, 1.807) is 62.5 Å². The summed E-state index contributed by atoms with van der Waals surface area (Å²) in [7, 11) is 0. The molecule has 362 valence electrons. The second-order valence-electron chi connectivity index (χ2n) is 15.2. The van der Waals surface area contributed by atoms with Crippen LogP contribution < -0.4 is 36.6 Å². The van der Waals surface area contributed by atoms with Gasteiger partial charge in [-0.1, -0.05) is 36.3 Å². The number of carboxylic acid groups (broad SMARTS) is 1. The normalized spacial score (nSPS) is 13.4. The highest BCUT2D eigenvalue weighted by Crippen LogP contribution is 2.32. The number of ether oxygens (including phenoxy) is 2. The zero-order chi connectivity index (χ0) is 49.0. The lowest BCUT2D eigenvalue weighted by Gasteiger charge is -2.23. The molecule has 27 heteroatoms. The first-order chi connectivity index (χ1) is 32.7. The first-order valence-corrected chi connectivity index (χ1v) is 22.6. The second kappa shape index (κ2) is 26.2. The molecule has 0 spiro atoms. The molecule has 2 aromatic carbocycles. The Morgan fingerprint density at radius 1 is 0.941 bits per heavy atom. The van der Waals surface area contributed by atoms with Gasteiger partial charge < -0.3 is 35.8 Å². The molecule has 0 bridgehead atoms. The third kappa shape index (κ3) is 16.0. The van der Waals surface area contributed by atoms with Gasteiger partial charge in [0.2, 0.25) is 23.6 Å². The molecular weight excluding hydrogens is 931 g/mol. The van der Waals surface area contributed by atoms with Crippen LogP contribution >= 0.6 is 23.4 Å². The molecule has 1 aliphatic rings. The quantitative estimate of drug-likeness (QED) is 0.00664. The zero-order valence-corrected chi connectivity index (χ0v) is 38.4. The summed E-state index contributed by atoms with van der Waals surface area (Å²) in [6.45, 7) is 3.45. The monoisotopic (exact) mass is 979 g/mol. The number of azide groups is 1. The van der Waals surface area contributed by atoms with Crippen molar-refractivity contribution in [3.8, 4) is 11.5 Å². The Balaban J connectivity index is 1.08. The van der Waals surface area contributed by atoms with Gasteiger partial charge in [0, 0.05) is 43.0 Å². The molecule has 4 aromatic rings. The molecule has 6 amide bonds. The largest absolute Gasteiger partial charge is 0.492 e. The molecule has 0 fully saturated rings. The van der Waals surface area contributed by atoms with Gasteiger partial charge in [0.05, 0.1) is 23.0 Å². The molecule has 2 aromatic heterocycles.